The number of alkyl halides is 1. The molecule has 0 spiro atoms. The summed E-state index contributed by atoms with van der Waals surface area (Å²) in [5.74, 6) is 1.18. The molecule has 1 aromatic carbocycles. The van der Waals surface area contributed by atoms with Gasteiger partial charge in [-0.05, 0) is 18.2 Å². The summed E-state index contributed by atoms with van der Waals surface area (Å²) >= 11 is 4.47. The van der Waals surface area contributed by atoms with E-state index >= 15 is 0 Å². The number of ether oxygens (including phenoxy) is 2. The molecule has 7 heteroatoms. The Bertz CT molecular complexity index is 615. The average Bonchev–Trinajstić information content (AvgIpc) is 2.94. The van der Waals surface area contributed by atoms with Gasteiger partial charge in [-0.3, -0.25) is 4.79 Å². The molecule has 0 aliphatic heterocycles. The Labute approximate surface area is 129 Å². The van der Waals surface area contributed by atoms with Crippen LogP contribution in [-0.4, -0.2) is 30.4 Å². The van der Waals surface area contributed by atoms with Gasteiger partial charge in [-0.1, -0.05) is 15.9 Å². The number of amides is 1. The minimum Gasteiger partial charge on any atom is -0.493 e. The zero-order valence-electron chi connectivity index (χ0n) is 11.0. The van der Waals surface area contributed by atoms with Crippen molar-refractivity contribution in [1.29, 1.82) is 0 Å². The summed E-state index contributed by atoms with van der Waals surface area (Å²) in [7, 11) is 3.18. The number of anilines is 1. The largest absolute Gasteiger partial charge is 0.493 e. The molecule has 0 saturated carbocycles. The van der Waals surface area contributed by atoms with Crippen LogP contribution < -0.4 is 14.8 Å². The average molecular weight is 357 g/mol. The molecule has 1 heterocycles. The van der Waals surface area contributed by atoms with E-state index in [2.05, 4.69) is 26.2 Å². The van der Waals surface area contributed by atoms with Crippen LogP contribution in [0, 0.1) is 0 Å². The number of methoxy groups -OCH3 is 2. The fraction of sp³-hybridized carbons (Fsp3) is 0.231. The fourth-order valence-electron chi connectivity index (χ4n) is 1.61. The highest BCUT2D eigenvalue weighted by Crippen LogP contribution is 2.33. The van der Waals surface area contributed by atoms with Gasteiger partial charge in [-0.25, -0.2) is 4.98 Å². The van der Waals surface area contributed by atoms with Crippen molar-refractivity contribution in [2.45, 2.75) is 0 Å². The minimum absolute atomic E-state index is 0.127. The number of benzene rings is 1. The zero-order valence-corrected chi connectivity index (χ0v) is 13.4. The molecular weight excluding hydrogens is 344 g/mol. The van der Waals surface area contributed by atoms with Crippen molar-refractivity contribution in [3.8, 4) is 22.8 Å². The molecule has 0 saturated heterocycles. The number of nitrogens with zero attached hydrogens (tertiary/aromatic N) is 1. The van der Waals surface area contributed by atoms with Crippen LogP contribution in [0.1, 0.15) is 0 Å². The standard InChI is InChI=1S/C13H13BrN2O3S/c1-18-10-4-3-8(5-11(10)19-2)9-7-20-13(15-9)16-12(17)6-14/h3-5,7H,6H2,1-2H3,(H,15,16,17). The molecule has 0 radical (unpaired) electrons. The van der Waals surface area contributed by atoms with Crippen molar-refractivity contribution in [2.75, 3.05) is 24.9 Å². The predicted octanol–water partition coefficient (Wildman–Crippen LogP) is 3.16. The second kappa shape index (κ2) is 6.71. The predicted molar refractivity (Wildman–Crippen MR) is 83.1 cm³/mol. The molecule has 0 bridgehead atoms. The first-order valence-corrected chi connectivity index (χ1v) is 7.71. The molecule has 106 valence electrons. The van der Waals surface area contributed by atoms with E-state index in [1.807, 2.05) is 23.6 Å². The van der Waals surface area contributed by atoms with E-state index < -0.39 is 0 Å². The topological polar surface area (TPSA) is 60.5 Å². The van der Waals surface area contributed by atoms with Crippen LogP contribution in [0.4, 0.5) is 5.13 Å². The zero-order chi connectivity index (χ0) is 14.5. The van der Waals surface area contributed by atoms with Gasteiger partial charge in [-0.2, -0.15) is 0 Å². The second-order valence-electron chi connectivity index (χ2n) is 3.79. The van der Waals surface area contributed by atoms with E-state index in [1.165, 1.54) is 11.3 Å². The summed E-state index contributed by atoms with van der Waals surface area (Å²) < 4.78 is 10.5. The maximum Gasteiger partial charge on any atom is 0.236 e. The number of nitrogens with one attached hydrogen (secondary N) is 1. The van der Waals surface area contributed by atoms with Crippen molar-refractivity contribution in [3.63, 3.8) is 0 Å². The van der Waals surface area contributed by atoms with Crippen LogP contribution in [0.5, 0.6) is 11.5 Å². The van der Waals surface area contributed by atoms with Gasteiger partial charge in [0.2, 0.25) is 5.91 Å². The lowest BCUT2D eigenvalue weighted by atomic mass is 10.1. The van der Waals surface area contributed by atoms with Crippen molar-refractivity contribution >= 4 is 38.3 Å². The van der Waals surface area contributed by atoms with Crippen LogP contribution >= 0.6 is 27.3 Å². The maximum absolute atomic E-state index is 11.3. The number of carbonyl (C=O) groups is 1. The van der Waals surface area contributed by atoms with Crippen molar-refractivity contribution in [1.82, 2.24) is 4.98 Å². The molecule has 5 nitrogen and oxygen atoms in total. The van der Waals surface area contributed by atoms with Crippen LogP contribution in [0.15, 0.2) is 23.6 Å². The van der Waals surface area contributed by atoms with E-state index in [9.17, 15) is 4.79 Å². The Morgan fingerprint density at radius 2 is 2.10 bits per heavy atom. The van der Waals surface area contributed by atoms with E-state index in [1.54, 1.807) is 14.2 Å². The van der Waals surface area contributed by atoms with Gasteiger partial charge in [0.1, 0.15) is 0 Å². The number of thiazole rings is 1. The summed E-state index contributed by atoms with van der Waals surface area (Å²) in [6, 6.07) is 5.57. The lowest BCUT2D eigenvalue weighted by Gasteiger charge is -2.08. The summed E-state index contributed by atoms with van der Waals surface area (Å²) in [6.45, 7) is 0. The van der Waals surface area contributed by atoms with Gasteiger partial charge in [0.05, 0.1) is 25.2 Å². The molecule has 2 rings (SSSR count). The van der Waals surface area contributed by atoms with Gasteiger partial charge < -0.3 is 14.8 Å². The number of hydrogen-bond donors (Lipinski definition) is 1. The van der Waals surface area contributed by atoms with E-state index in [4.69, 9.17) is 9.47 Å². The number of aromatic nitrogens is 1. The molecule has 0 unspecified atom stereocenters. The highest BCUT2D eigenvalue weighted by molar-refractivity contribution is 9.09. The number of hydrogen-bond acceptors (Lipinski definition) is 5. The highest BCUT2D eigenvalue weighted by atomic mass is 79.9. The fourth-order valence-corrected chi connectivity index (χ4v) is 2.49. The molecule has 0 aliphatic rings. The van der Waals surface area contributed by atoms with Crippen molar-refractivity contribution in [2.24, 2.45) is 0 Å². The van der Waals surface area contributed by atoms with Crippen molar-refractivity contribution < 1.29 is 14.3 Å². The van der Waals surface area contributed by atoms with Gasteiger partial charge in [0.15, 0.2) is 16.6 Å². The monoisotopic (exact) mass is 356 g/mol. The summed E-state index contributed by atoms with van der Waals surface area (Å²) in [5, 5.41) is 5.40. The van der Waals surface area contributed by atoms with Gasteiger partial charge in [0.25, 0.3) is 0 Å². The summed E-state index contributed by atoms with van der Waals surface area (Å²) in [4.78, 5) is 15.7. The minimum atomic E-state index is -0.127. The molecule has 20 heavy (non-hydrogen) atoms. The first-order chi connectivity index (χ1) is 9.67. The van der Waals surface area contributed by atoms with Crippen molar-refractivity contribution in [3.05, 3.63) is 23.6 Å². The van der Waals surface area contributed by atoms with Gasteiger partial charge >= 0.3 is 0 Å². The van der Waals surface area contributed by atoms with Crippen LogP contribution in [0.2, 0.25) is 0 Å². The Kier molecular flexibility index (Phi) is 4.97. The summed E-state index contributed by atoms with van der Waals surface area (Å²) in [5.41, 5.74) is 1.68. The lowest BCUT2D eigenvalue weighted by Crippen LogP contribution is -2.11. The molecule has 1 amide bonds. The molecule has 0 aliphatic carbocycles. The molecule has 0 fully saturated rings. The molecular formula is C13H13BrN2O3S. The first-order valence-electron chi connectivity index (χ1n) is 5.71. The van der Waals surface area contributed by atoms with Gasteiger partial charge in [0, 0.05) is 10.9 Å². The number of rotatable bonds is 5. The lowest BCUT2D eigenvalue weighted by molar-refractivity contribution is -0.113. The SMILES string of the molecule is COc1ccc(-c2csc(NC(=O)CBr)n2)cc1OC. The molecule has 2 aromatic rings. The maximum atomic E-state index is 11.3. The second-order valence-corrected chi connectivity index (χ2v) is 5.21. The highest BCUT2D eigenvalue weighted by Gasteiger charge is 2.10. The summed E-state index contributed by atoms with van der Waals surface area (Å²) in [6.07, 6.45) is 0. The van der Waals surface area contributed by atoms with Crippen LogP contribution in [0.3, 0.4) is 0 Å². The first kappa shape index (κ1) is 14.8. The van der Waals surface area contributed by atoms with E-state index in [0.29, 0.717) is 16.6 Å². The molecule has 1 N–H and O–H groups in total. The quantitative estimate of drug-likeness (QED) is 0.835. The van der Waals surface area contributed by atoms with E-state index in [0.717, 1.165) is 11.3 Å². The Hall–Kier alpha value is -1.60. The van der Waals surface area contributed by atoms with Crippen LogP contribution in [-0.2, 0) is 4.79 Å². The normalized spacial score (nSPS) is 10.2. The Morgan fingerprint density at radius 3 is 2.75 bits per heavy atom. The smallest absolute Gasteiger partial charge is 0.236 e. The Morgan fingerprint density at radius 1 is 1.35 bits per heavy atom. The third-order valence-electron chi connectivity index (χ3n) is 2.55. The number of carbonyl (C=O) groups excluding carboxylic acids is 1. The third kappa shape index (κ3) is 3.29. The molecule has 1 aromatic heterocycles. The third-order valence-corrected chi connectivity index (χ3v) is 3.82. The van der Waals surface area contributed by atoms with E-state index in [-0.39, 0.29) is 11.2 Å². The molecule has 0 atom stereocenters. The van der Waals surface area contributed by atoms with Crippen LogP contribution in [0.25, 0.3) is 11.3 Å². The Balaban J connectivity index is 2.25. The van der Waals surface area contributed by atoms with Gasteiger partial charge in [-0.15, -0.1) is 11.3 Å². The number of halogens is 1.